The van der Waals surface area contributed by atoms with Crippen molar-refractivity contribution >= 4 is 45.6 Å². The van der Waals surface area contributed by atoms with Crippen LogP contribution in [0, 0.1) is 17.3 Å². The standard InChI is InChI=1S/C21H18Cl2FN5O2/c1-30-17-9-16-13(8-18(17)31-12-4-6-29(10-25)7-5-12)21(27-11-26-16)28-15-3-2-14(22)19(23)20(15)24/h2-3,8-9,11-12H,4-7H2,1H3,(H,26,27,28). The Kier molecular flexibility index (Phi) is 6.16. The lowest BCUT2D eigenvalue weighted by molar-refractivity contribution is 0.123. The number of rotatable bonds is 5. The molecule has 1 N–H and O–H groups in total. The minimum absolute atomic E-state index is 0.0514. The van der Waals surface area contributed by atoms with Gasteiger partial charge >= 0.3 is 0 Å². The monoisotopic (exact) mass is 461 g/mol. The number of nitrogens with one attached hydrogen (secondary N) is 1. The Morgan fingerprint density at radius 1 is 1.19 bits per heavy atom. The molecule has 2 heterocycles. The average Bonchev–Trinajstić information content (AvgIpc) is 2.79. The smallest absolute Gasteiger partial charge is 0.179 e. The summed E-state index contributed by atoms with van der Waals surface area (Å²) in [5.74, 6) is 0.766. The molecule has 10 heteroatoms. The Morgan fingerprint density at radius 3 is 2.68 bits per heavy atom. The number of fused-ring (bicyclic) bond motifs is 1. The van der Waals surface area contributed by atoms with Crippen LogP contribution in [0.3, 0.4) is 0 Å². The maximum absolute atomic E-state index is 14.5. The van der Waals surface area contributed by atoms with Crippen molar-refractivity contribution in [3.8, 4) is 17.7 Å². The second kappa shape index (κ2) is 9.00. The van der Waals surface area contributed by atoms with Crippen LogP contribution in [0.5, 0.6) is 11.5 Å². The first-order valence-electron chi connectivity index (χ1n) is 9.54. The highest BCUT2D eigenvalue weighted by molar-refractivity contribution is 6.42. The number of anilines is 2. The number of halogens is 3. The van der Waals surface area contributed by atoms with Crippen LogP contribution in [-0.2, 0) is 0 Å². The maximum atomic E-state index is 14.5. The SMILES string of the molecule is COc1cc2ncnc(Nc3ccc(Cl)c(Cl)c3F)c2cc1OC1CCN(C#N)CC1. The van der Waals surface area contributed by atoms with Gasteiger partial charge in [-0.1, -0.05) is 23.2 Å². The van der Waals surface area contributed by atoms with Crippen molar-refractivity contribution in [3.05, 3.63) is 46.5 Å². The number of nitriles is 1. The van der Waals surface area contributed by atoms with Crippen molar-refractivity contribution in [3.63, 3.8) is 0 Å². The Bertz CT molecular complexity index is 1160. The Labute approximate surface area is 188 Å². The summed E-state index contributed by atoms with van der Waals surface area (Å²) in [4.78, 5) is 10.2. The van der Waals surface area contributed by atoms with Crippen LogP contribution in [-0.4, -0.2) is 41.2 Å². The molecular formula is C21H18Cl2FN5O2. The zero-order valence-corrected chi connectivity index (χ0v) is 18.0. The van der Waals surface area contributed by atoms with Crippen molar-refractivity contribution < 1.29 is 13.9 Å². The summed E-state index contributed by atoms with van der Waals surface area (Å²) in [5, 5.41) is 12.6. The molecule has 0 unspecified atom stereocenters. The molecule has 0 atom stereocenters. The number of hydrogen-bond donors (Lipinski definition) is 1. The summed E-state index contributed by atoms with van der Waals surface area (Å²) in [5.41, 5.74) is 0.734. The van der Waals surface area contributed by atoms with Crippen LogP contribution in [0.1, 0.15) is 12.8 Å². The van der Waals surface area contributed by atoms with Crippen molar-refractivity contribution in [2.24, 2.45) is 0 Å². The number of hydrogen-bond acceptors (Lipinski definition) is 7. The fourth-order valence-electron chi connectivity index (χ4n) is 3.42. The summed E-state index contributed by atoms with van der Waals surface area (Å²) in [6.45, 7) is 1.28. The number of ether oxygens (including phenoxy) is 2. The molecule has 1 fully saturated rings. The Hall–Kier alpha value is -3.02. The van der Waals surface area contributed by atoms with Crippen LogP contribution in [0.2, 0.25) is 10.0 Å². The Balaban J connectivity index is 1.67. The third kappa shape index (κ3) is 4.38. The summed E-state index contributed by atoms with van der Waals surface area (Å²) in [6, 6.07) is 6.50. The highest BCUT2D eigenvalue weighted by Crippen LogP contribution is 2.37. The molecule has 1 aromatic heterocycles. The molecule has 160 valence electrons. The second-order valence-electron chi connectivity index (χ2n) is 6.99. The van der Waals surface area contributed by atoms with E-state index < -0.39 is 5.82 Å². The van der Waals surface area contributed by atoms with Gasteiger partial charge in [0.15, 0.2) is 23.5 Å². The molecule has 1 aliphatic heterocycles. The van der Waals surface area contributed by atoms with Gasteiger partial charge in [0, 0.05) is 37.4 Å². The number of piperidine rings is 1. The molecule has 0 amide bonds. The van der Waals surface area contributed by atoms with E-state index in [1.165, 1.54) is 18.5 Å². The van der Waals surface area contributed by atoms with Gasteiger partial charge in [0.25, 0.3) is 0 Å². The highest BCUT2D eigenvalue weighted by Gasteiger charge is 2.22. The first-order chi connectivity index (χ1) is 15.0. The summed E-state index contributed by atoms with van der Waals surface area (Å²) in [7, 11) is 1.55. The summed E-state index contributed by atoms with van der Waals surface area (Å²) < 4.78 is 26.2. The molecule has 3 aromatic rings. The van der Waals surface area contributed by atoms with Crippen molar-refractivity contribution in [2.45, 2.75) is 18.9 Å². The van der Waals surface area contributed by atoms with E-state index in [0.717, 1.165) is 12.8 Å². The first-order valence-corrected chi connectivity index (χ1v) is 10.3. The number of methoxy groups -OCH3 is 1. The second-order valence-corrected chi connectivity index (χ2v) is 7.78. The molecule has 31 heavy (non-hydrogen) atoms. The van der Waals surface area contributed by atoms with E-state index in [-0.39, 0.29) is 21.8 Å². The minimum Gasteiger partial charge on any atom is -0.493 e. The van der Waals surface area contributed by atoms with Gasteiger partial charge in [-0.25, -0.2) is 14.4 Å². The fourth-order valence-corrected chi connectivity index (χ4v) is 3.73. The molecule has 0 saturated carbocycles. The van der Waals surface area contributed by atoms with Gasteiger partial charge in [-0.3, -0.25) is 0 Å². The maximum Gasteiger partial charge on any atom is 0.179 e. The number of benzene rings is 2. The van der Waals surface area contributed by atoms with Gasteiger partial charge in [-0.2, -0.15) is 5.26 Å². The number of likely N-dealkylation sites (tertiary alicyclic amines) is 1. The van der Waals surface area contributed by atoms with Gasteiger partial charge < -0.3 is 19.7 Å². The van der Waals surface area contributed by atoms with Crippen molar-refractivity contribution in [1.29, 1.82) is 5.26 Å². The average molecular weight is 462 g/mol. The lowest BCUT2D eigenvalue weighted by Gasteiger charge is -2.29. The highest BCUT2D eigenvalue weighted by atomic mass is 35.5. The third-order valence-electron chi connectivity index (χ3n) is 5.09. The molecule has 1 saturated heterocycles. The zero-order valence-electron chi connectivity index (χ0n) is 16.5. The van der Waals surface area contributed by atoms with Crippen LogP contribution in [0.25, 0.3) is 10.9 Å². The van der Waals surface area contributed by atoms with E-state index in [0.29, 0.717) is 41.3 Å². The van der Waals surface area contributed by atoms with Gasteiger partial charge in [0.05, 0.1) is 28.4 Å². The van der Waals surface area contributed by atoms with Gasteiger partial charge in [0.1, 0.15) is 18.2 Å². The molecule has 7 nitrogen and oxygen atoms in total. The quantitative estimate of drug-likeness (QED) is 0.415. The summed E-state index contributed by atoms with van der Waals surface area (Å²) in [6.07, 6.45) is 4.92. The van der Waals surface area contributed by atoms with E-state index in [9.17, 15) is 4.39 Å². The van der Waals surface area contributed by atoms with Crippen LogP contribution >= 0.6 is 23.2 Å². The van der Waals surface area contributed by atoms with Gasteiger partial charge in [-0.05, 0) is 18.2 Å². The molecule has 1 aliphatic rings. The van der Waals surface area contributed by atoms with E-state index >= 15 is 0 Å². The van der Waals surface area contributed by atoms with Crippen LogP contribution in [0.15, 0.2) is 30.6 Å². The predicted molar refractivity (Wildman–Crippen MR) is 117 cm³/mol. The van der Waals surface area contributed by atoms with E-state index in [2.05, 4.69) is 21.5 Å². The lowest BCUT2D eigenvalue weighted by atomic mass is 10.1. The minimum atomic E-state index is -0.671. The zero-order chi connectivity index (χ0) is 22.0. The Morgan fingerprint density at radius 2 is 1.97 bits per heavy atom. The van der Waals surface area contributed by atoms with Gasteiger partial charge in [-0.15, -0.1) is 0 Å². The molecule has 0 spiro atoms. The topological polar surface area (TPSA) is 83.3 Å². The van der Waals surface area contributed by atoms with E-state index in [4.69, 9.17) is 37.9 Å². The number of aromatic nitrogens is 2. The largest absolute Gasteiger partial charge is 0.493 e. The molecule has 2 aromatic carbocycles. The normalized spacial score (nSPS) is 14.4. The molecule has 4 rings (SSSR count). The molecule has 0 bridgehead atoms. The van der Waals surface area contributed by atoms with E-state index in [1.54, 1.807) is 24.1 Å². The molecular weight excluding hydrogens is 444 g/mol. The molecule has 0 aliphatic carbocycles. The predicted octanol–water partition coefficient (Wildman–Crippen LogP) is 5.15. The fraction of sp³-hybridized carbons (Fsp3) is 0.286. The van der Waals surface area contributed by atoms with Gasteiger partial charge in [0.2, 0.25) is 0 Å². The van der Waals surface area contributed by atoms with Crippen molar-refractivity contribution in [2.75, 3.05) is 25.5 Å². The number of nitrogens with zero attached hydrogens (tertiary/aromatic N) is 4. The summed E-state index contributed by atoms with van der Waals surface area (Å²) >= 11 is 11.8. The molecule has 0 radical (unpaired) electrons. The van der Waals surface area contributed by atoms with Crippen molar-refractivity contribution in [1.82, 2.24) is 14.9 Å². The van der Waals surface area contributed by atoms with E-state index in [1.807, 2.05) is 0 Å². The first kappa shape index (κ1) is 21.2. The third-order valence-corrected chi connectivity index (χ3v) is 5.87. The van der Waals surface area contributed by atoms with Crippen LogP contribution < -0.4 is 14.8 Å². The van der Waals surface area contributed by atoms with Crippen LogP contribution in [0.4, 0.5) is 15.9 Å². The lowest BCUT2D eigenvalue weighted by Crippen LogP contribution is -2.35.